The summed E-state index contributed by atoms with van der Waals surface area (Å²) in [5.41, 5.74) is 0. The van der Waals surface area contributed by atoms with E-state index in [1.54, 1.807) is 6.92 Å². The molecule has 2 nitrogen and oxygen atoms in total. The van der Waals surface area contributed by atoms with E-state index in [9.17, 15) is 0 Å². The molecule has 0 bridgehead atoms. The summed E-state index contributed by atoms with van der Waals surface area (Å²) in [5.74, 6) is -0.0347. The van der Waals surface area contributed by atoms with Gasteiger partial charge in [-0.2, -0.15) is 0 Å². The van der Waals surface area contributed by atoms with E-state index < -0.39 is 6.29 Å². The van der Waals surface area contributed by atoms with E-state index in [1.165, 1.54) is 0 Å². The number of hydrogen-bond donors (Lipinski definition) is 2. The third-order valence-electron chi connectivity index (χ3n) is 1.17. The Balaban J connectivity index is 3.17. The van der Waals surface area contributed by atoms with Crippen LogP contribution in [0.1, 0.15) is 19.8 Å². The molecule has 0 aromatic heterocycles. The van der Waals surface area contributed by atoms with Crippen LogP contribution in [0.25, 0.3) is 0 Å². The molecule has 2 N–H and O–H groups in total. The van der Waals surface area contributed by atoms with Crippen LogP contribution in [0.3, 0.4) is 0 Å². The van der Waals surface area contributed by atoms with E-state index in [2.05, 4.69) is 6.92 Å². The van der Waals surface area contributed by atoms with Crippen molar-refractivity contribution >= 4 is 0 Å². The van der Waals surface area contributed by atoms with Crippen molar-refractivity contribution in [3.63, 3.8) is 0 Å². The largest absolute Gasteiger partial charge is 0.368 e. The zero-order valence-electron chi connectivity index (χ0n) is 5.17. The number of aliphatic hydroxyl groups is 2. The first-order valence-corrected chi connectivity index (χ1v) is 2.84. The maximum atomic E-state index is 8.48. The number of rotatable bonds is 3. The average Bonchev–Trinajstić information content (AvgIpc) is 1.67. The van der Waals surface area contributed by atoms with Gasteiger partial charge in [0, 0.05) is 5.92 Å². The Morgan fingerprint density at radius 3 is 2.12 bits per heavy atom. The smallest absolute Gasteiger partial charge is 0.154 e. The van der Waals surface area contributed by atoms with Crippen molar-refractivity contribution in [1.82, 2.24) is 0 Å². The van der Waals surface area contributed by atoms with Crippen LogP contribution in [-0.4, -0.2) is 16.5 Å². The quantitative estimate of drug-likeness (QED) is 0.530. The molecule has 0 aromatic rings. The van der Waals surface area contributed by atoms with Gasteiger partial charge < -0.3 is 10.2 Å². The molecule has 1 atom stereocenters. The molecule has 0 spiro atoms. The predicted octanol–water partition coefficient (Wildman–Crippen LogP) is 0.547. The zero-order valence-corrected chi connectivity index (χ0v) is 5.17. The second-order valence-electron chi connectivity index (χ2n) is 2.03. The molecule has 2 heteroatoms. The van der Waals surface area contributed by atoms with E-state index >= 15 is 0 Å². The van der Waals surface area contributed by atoms with Crippen LogP contribution in [0.5, 0.6) is 0 Å². The van der Waals surface area contributed by atoms with Gasteiger partial charge in [-0.15, -0.1) is 0 Å². The third kappa shape index (κ3) is 2.99. The zero-order chi connectivity index (χ0) is 6.57. The van der Waals surface area contributed by atoms with Crippen molar-refractivity contribution < 1.29 is 10.2 Å². The highest BCUT2D eigenvalue weighted by molar-refractivity contribution is 4.54. The fourth-order valence-corrected chi connectivity index (χ4v) is 0.471. The molecule has 0 aliphatic rings. The van der Waals surface area contributed by atoms with Crippen molar-refractivity contribution in [2.45, 2.75) is 26.1 Å². The first kappa shape index (κ1) is 7.92. The summed E-state index contributed by atoms with van der Waals surface area (Å²) in [6.07, 6.45) is 0.368. The molecule has 0 aromatic carbocycles. The summed E-state index contributed by atoms with van der Waals surface area (Å²) < 4.78 is 0. The molecule has 0 saturated heterocycles. The van der Waals surface area contributed by atoms with Crippen LogP contribution >= 0.6 is 0 Å². The Bertz CT molecular complexity index is 52.5. The molecule has 0 heterocycles. The monoisotopic (exact) mass is 117 g/mol. The predicted molar refractivity (Wildman–Crippen MR) is 32.0 cm³/mol. The maximum Gasteiger partial charge on any atom is 0.154 e. The lowest BCUT2D eigenvalue weighted by Crippen LogP contribution is -2.15. The van der Waals surface area contributed by atoms with Gasteiger partial charge in [-0.1, -0.05) is 20.3 Å². The van der Waals surface area contributed by atoms with Crippen molar-refractivity contribution in [2.75, 3.05) is 0 Å². The number of hydrogen-bond acceptors (Lipinski definition) is 2. The van der Waals surface area contributed by atoms with Gasteiger partial charge in [0.15, 0.2) is 6.29 Å². The van der Waals surface area contributed by atoms with Crippen LogP contribution in [0.15, 0.2) is 0 Å². The van der Waals surface area contributed by atoms with Crippen LogP contribution in [0.4, 0.5) is 0 Å². The van der Waals surface area contributed by atoms with Gasteiger partial charge in [0.1, 0.15) is 0 Å². The van der Waals surface area contributed by atoms with E-state index in [1.807, 2.05) is 0 Å². The minimum atomic E-state index is -1.17. The fraction of sp³-hybridized carbons (Fsp3) is 0.833. The topological polar surface area (TPSA) is 40.5 Å². The van der Waals surface area contributed by atoms with Gasteiger partial charge in [-0.05, 0) is 6.42 Å². The molecule has 8 heavy (non-hydrogen) atoms. The molecule has 1 unspecified atom stereocenters. The van der Waals surface area contributed by atoms with Crippen molar-refractivity contribution in [1.29, 1.82) is 0 Å². The van der Waals surface area contributed by atoms with E-state index in [-0.39, 0.29) is 5.92 Å². The molecule has 0 aliphatic carbocycles. The molecule has 0 rings (SSSR count). The van der Waals surface area contributed by atoms with E-state index in [0.717, 1.165) is 12.8 Å². The minimum Gasteiger partial charge on any atom is -0.368 e. The summed E-state index contributed by atoms with van der Waals surface area (Å²) in [4.78, 5) is 0. The molecular formula is C6H13O2. The normalized spacial score (nSPS) is 14.6. The van der Waals surface area contributed by atoms with Crippen molar-refractivity contribution in [3.8, 4) is 0 Å². The summed E-state index contributed by atoms with van der Waals surface area (Å²) in [6, 6.07) is 0. The molecule has 0 saturated carbocycles. The van der Waals surface area contributed by atoms with Crippen LogP contribution in [0, 0.1) is 12.8 Å². The highest BCUT2D eigenvalue weighted by Crippen LogP contribution is 2.06. The summed E-state index contributed by atoms with van der Waals surface area (Å²) >= 11 is 0. The lowest BCUT2D eigenvalue weighted by atomic mass is 10.1. The van der Waals surface area contributed by atoms with E-state index in [0.29, 0.717) is 0 Å². The first-order chi connectivity index (χ1) is 3.68. The Kier molecular flexibility index (Phi) is 3.83. The highest BCUT2D eigenvalue weighted by Gasteiger charge is 2.07. The van der Waals surface area contributed by atoms with Gasteiger partial charge in [-0.3, -0.25) is 0 Å². The Labute approximate surface area is 50.2 Å². The van der Waals surface area contributed by atoms with Crippen molar-refractivity contribution in [3.05, 3.63) is 6.92 Å². The molecule has 49 valence electrons. The highest BCUT2D eigenvalue weighted by atomic mass is 16.5. The second-order valence-corrected chi connectivity index (χ2v) is 2.03. The van der Waals surface area contributed by atoms with Gasteiger partial charge in [0.25, 0.3) is 0 Å². The Morgan fingerprint density at radius 1 is 1.50 bits per heavy atom. The number of aliphatic hydroxyl groups excluding tert-OH is 1. The van der Waals surface area contributed by atoms with Crippen LogP contribution in [0.2, 0.25) is 0 Å². The molecule has 0 amide bonds. The minimum absolute atomic E-state index is 0.0347. The maximum absolute atomic E-state index is 8.48. The summed E-state index contributed by atoms with van der Waals surface area (Å²) in [5, 5.41) is 17.0. The van der Waals surface area contributed by atoms with Gasteiger partial charge in [-0.25, -0.2) is 0 Å². The SMILES string of the molecule is [CH2]CCC(C)C(O)O. The average molecular weight is 117 g/mol. The van der Waals surface area contributed by atoms with Gasteiger partial charge >= 0.3 is 0 Å². The van der Waals surface area contributed by atoms with Crippen LogP contribution < -0.4 is 0 Å². The summed E-state index contributed by atoms with van der Waals surface area (Å²) in [7, 11) is 0. The van der Waals surface area contributed by atoms with Gasteiger partial charge in [0.05, 0.1) is 0 Å². The molecular weight excluding hydrogens is 104 g/mol. The lowest BCUT2D eigenvalue weighted by molar-refractivity contribution is -0.0800. The summed E-state index contributed by atoms with van der Waals surface area (Å²) in [6.45, 7) is 5.37. The molecule has 1 radical (unpaired) electrons. The van der Waals surface area contributed by atoms with Gasteiger partial charge in [0.2, 0.25) is 0 Å². The Hall–Kier alpha value is -0.0800. The fourth-order valence-electron chi connectivity index (χ4n) is 0.471. The van der Waals surface area contributed by atoms with Crippen LogP contribution in [-0.2, 0) is 0 Å². The first-order valence-electron chi connectivity index (χ1n) is 2.84. The molecule has 0 aliphatic heterocycles. The lowest BCUT2D eigenvalue weighted by Gasteiger charge is -2.10. The third-order valence-corrected chi connectivity index (χ3v) is 1.17. The second kappa shape index (κ2) is 3.87. The van der Waals surface area contributed by atoms with Crippen molar-refractivity contribution in [2.24, 2.45) is 5.92 Å². The van der Waals surface area contributed by atoms with E-state index in [4.69, 9.17) is 10.2 Å². The Morgan fingerprint density at radius 2 is 2.00 bits per heavy atom. The standard InChI is InChI=1S/C6H13O2/c1-3-4-5(2)6(7)8/h5-8H,1,3-4H2,2H3. The molecule has 0 fully saturated rings.